The Bertz CT molecular complexity index is 1490. The highest BCUT2D eigenvalue weighted by molar-refractivity contribution is 6.99. The molecular weight excluding hydrogens is 552 g/mol. The summed E-state index contributed by atoms with van der Waals surface area (Å²) in [6.45, 7) is 11.4. The lowest BCUT2D eigenvalue weighted by Crippen LogP contribution is -2.66. The van der Waals surface area contributed by atoms with Gasteiger partial charge >= 0.3 is 5.97 Å². The lowest BCUT2D eigenvalue weighted by atomic mass is 9.66. The minimum atomic E-state index is -2.68. The molecule has 0 saturated carbocycles. The molecular formula is C36H46N2O4Si. The van der Waals surface area contributed by atoms with E-state index < -0.39 is 13.9 Å². The Hall–Kier alpha value is -3.23. The molecule has 1 unspecified atom stereocenters. The number of hydrogen-bond donors (Lipinski definition) is 2. The Balaban J connectivity index is 1.48. The molecule has 5 rings (SSSR count). The number of nitrogens with zero attached hydrogens (tertiary/aromatic N) is 1. The summed E-state index contributed by atoms with van der Waals surface area (Å²) >= 11 is 0. The standard InChI is InChI=1S/C36H46N2O4Si/c1-26(39)42-38(6)23-21-32-27(25-31-30-19-13-14-20-33(30)37-34(31)36(32,5)40)22-24-41-43(35(2,3)4,28-15-9-7-10-16-28)29-17-11-8-12-18-29/h7-20,27,32,37,40H,21-25H2,1-6H3/t27-,32+,36?/m1/s1. The number of carbonyl (C=O) groups is 1. The second-order valence-electron chi connectivity index (χ2n) is 13.3. The molecule has 0 radical (unpaired) electrons. The SMILES string of the molecule is CC(=O)ON(C)CC[C@H]1[C@H](CCO[Si](c2ccccc2)(c2ccccc2)C(C)(C)C)Cc2c([nH]c3ccccc23)C1(C)O. The van der Waals surface area contributed by atoms with Gasteiger partial charge in [0.25, 0.3) is 8.32 Å². The van der Waals surface area contributed by atoms with E-state index in [2.05, 4.69) is 105 Å². The van der Waals surface area contributed by atoms with Crippen LogP contribution in [0.1, 0.15) is 58.7 Å². The van der Waals surface area contributed by atoms with E-state index in [1.807, 2.05) is 13.0 Å². The maximum atomic E-state index is 12.2. The normalized spacial score (nSPS) is 20.7. The maximum absolute atomic E-state index is 12.2. The molecule has 1 aliphatic carbocycles. The van der Waals surface area contributed by atoms with Crippen LogP contribution in [0.2, 0.25) is 5.04 Å². The van der Waals surface area contributed by atoms with Gasteiger partial charge in [0.2, 0.25) is 0 Å². The molecule has 0 saturated heterocycles. The zero-order chi connectivity index (χ0) is 30.8. The molecule has 1 aliphatic rings. The number of hydroxylamine groups is 2. The van der Waals surface area contributed by atoms with Crippen LogP contribution in [0.25, 0.3) is 10.9 Å². The molecule has 1 heterocycles. The highest BCUT2D eigenvalue weighted by atomic mass is 28.4. The average Bonchev–Trinajstić information content (AvgIpc) is 3.34. The summed E-state index contributed by atoms with van der Waals surface area (Å²) in [6.07, 6.45) is 2.33. The summed E-state index contributed by atoms with van der Waals surface area (Å²) in [6, 6.07) is 29.8. The van der Waals surface area contributed by atoms with E-state index in [9.17, 15) is 9.90 Å². The van der Waals surface area contributed by atoms with E-state index >= 15 is 0 Å². The van der Waals surface area contributed by atoms with E-state index in [4.69, 9.17) is 9.26 Å². The summed E-state index contributed by atoms with van der Waals surface area (Å²) in [5.74, 6) is -0.231. The molecule has 228 valence electrons. The van der Waals surface area contributed by atoms with Crippen molar-refractivity contribution < 1.29 is 19.2 Å². The number of H-pyrrole nitrogens is 1. The van der Waals surface area contributed by atoms with Crippen molar-refractivity contribution in [3.8, 4) is 0 Å². The Morgan fingerprint density at radius 1 is 0.977 bits per heavy atom. The minimum Gasteiger partial charge on any atom is -0.407 e. The smallest absolute Gasteiger partial charge is 0.322 e. The van der Waals surface area contributed by atoms with Crippen LogP contribution in [-0.2, 0) is 26.1 Å². The van der Waals surface area contributed by atoms with Gasteiger partial charge in [0.05, 0.1) is 5.69 Å². The van der Waals surface area contributed by atoms with Crippen LogP contribution in [0.4, 0.5) is 0 Å². The van der Waals surface area contributed by atoms with Gasteiger partial charge in [-0.15, -0.1) is 5.06 Å². The largest absolute Gasteiger partial charge is 0.407 e. The lowest BCUT2D eigenvalue weighted by molar-refractivity contribution is -0.183. The summed E-state index contributed by atoms with van der Waals surface area (Å²) < 4.78 is 7.29. The van der Waals surface area contributed by atoms with Gasteiger partial charge in [0.1, 0.15) is 5.60 Å². The van der Waals surface area contributed by atoms with Gasteiger partial charge in [-0.1, -0.05) is 99.6 Å². The number of carbonyl (C=O) groups excluding carboxylic acids is 1. The van der Waals surface area contributed by atoms with Gasteiger partial charge in [0.15, 0.2) is 0 Å². The van der Waals surface area contributed by atoms with Crippen molar-refractivity contribution in [1.29, 1.82) is 0 Å². The summed E-state index contributed by atoms with van der Waals surface area (Å²) in [5.41, 5.74) is 2.07. The lowest BCUT2D eigenvalue weighted by Gasteiger charge is -2.45. The van der Waals surface area contributed by atoms with Crippen LogP contribution in [0.5, 0.6) is 0 Å². The van der Waals surface area contributed by atoms with Crippen molar-refractivity contribution >= 4 is 35.6 Å². The van der Waals surface area contributed by atoms with E-state index in [1.54, 1.807) is 12.1 Å². The van der Waals surface area contributed by atoms with Crippen molar-refractivity contribution in [2.24, 2.45) is 11.8 Å². The number of benzene rings is 3. The fraction of sp³-hybridized carbons (Fsp3) is 0.417. The first-order chi connectivity index (χ1) is 20.4. The Morgan fingerprint density at radius 3 is 2.14 bits per heavy atom. The molecule has 0 fully saturated rings. The molecule has 3 aromatic carbocycles. The second-order valence-corrected chi connectivity index (χ2v) is 17.6. The monoisotopic (exact) mass is 598 g/mol. The predicted molar refractivity (Wildman–Crippen MR) is 176 cm³/mol. The first-order valence-electron chi connectivity index (χ1n) is 15.4. The number of hydrogen-bond acceptors (Lipinski definition) is 5. The number of aliphatic hydroxyl groups is 1. The van der Waals surface area contributed by atoms with E-state index in [1.165, 1.54) is 28.2 Å². The number of aromatic nitrogens is 1. The van der Waals surface area contributed by atoms with Crippen LogP contribution in [0.15, 0.2) is 84.9 Å². The van der Waals surface area contributed by atoms with Crippen molar-refractivity contribution in [1.82, 2.24) is 10.0 Å². The number of aromatic amines is 1. The third-order valence-electron chi connectivity index (χ3n) is 9.34. The number of para-hydroxylation sites is 1. The van der Waals surface area contributed by atoms with Gasteiger partial charge in [0, 0.05) is 38.0 Å². The summed E-state index contributed by atoms with van der Waals surface area (Å²) in [4.78, 5) is 20.4. The molecule has 3 atom stereocenters. The number of nitrogens with one attached hydrogen (secondary N) is 1. The van der Waals surface area contributed by atoms with Crippen molar-refractivity contribution in [2.75, 3.05) is 20.2 Å². The summed E-state index contributed by atoms with van der Waals surface area (Å²) in [5, 5.41) is 17.4. The molecule has 0 bridgehead atoms. The average molecular weight is 599 g/mol. The Morgan fingerprint density at radius 2 is 1.56 bits per heavy atom. The van der Waals surface area contributed by atoms with Crippen LogP contribution < -0.4 is 10.4 Å². The minimum absolute atomic E-state index is 0.0613. The van der Waals surface area contributed by atoms with Crippen LogP contribution >= 0.6 is 0 Å². The zero-order valence-corrected chi connectivity index (χ0v) is 27.4. The van der Waals surface area contributed by atoms with Crippen LogP contribution in [0, 0.1) is 11.8 Å². The molecule has 1 aromatic heterocycles. The molecule has 2 N–H and O–H groups in total. The van der Waals surface area contributed by atoms with Gasteiger partial charge in [-0.3, -0.25) is 4.79 Å². The number of rotatable bonds is 10. The fourth-order valence-corrected chi connectivity index (χ4v) is 12.0. The van der Waals surface area contributed by atoms with E-state index in [-0.39, 0.29) is 22.8 Å². The molecule has 4 aromatic rings. The molecule has 0 aliphatic heterocycles. The fourth-order valence-electron chi connectivity index (χ4n) is 7.42. The van der Waals surface area contributed by atoms with Crippen molar-refractivity contribution in [3.63, 3.8) is 0 Å². The van der Waals surface area contributed by atoms with Gasteiger partial charge in [-0.2, -0.15) is 0 Å². The quantitative estimate of drug-likeness (QED) is 0.175. The molecule has 0 spiro atoms. The first-order valence-corrected chi connectivity index (χ1v) is 17.3. The Labute approximate surface area is 257 Å². The highest BCUT2D eigenvalue weighted by Crippen LogP contribution is 2.48. The van der Waals surface area contributed by atoms with Crippen molar-refractivity contribution in [2.45, 2.75) is 64.5 Å². The van der Waals surface area contributed by atoms with Gasteiger partial charge < -0.3 is 19.4 Å². The summed E-state index contributed by atoms with van der Waals surface area (Å²) in [7, 11) is -0.911. The molecule has 43 heavy (non-hydrogen) atoms. The van der Waals surface area contributed by atoms with Gasteiger partial charge in [-0.25, -0.2) is 0 Å². The predicted octanol–water partition coefficient (Wildman–Crippen LogP) is 5.93. The van der Waals surface area contributed by atoms with Gasteiger partial charge in [-0.05, 0) is 65.1 Å². The maximum Gasteiger partial charge on any atom is 0.322 e. The van der Waals surface area contributed by atoms with E-state index in [0.29, 0.717) is 19.6 Å². The zero-order valence-electron chi connectivity index (χ0n) is 26.4. The second kappa shape index (κ2) is 12.4. The highest BCUT2D eigenvalue weighted by Gasteiger charge is 2.51. The van der Waals surface area contributed by atoms with E-state index in [0.717, 1.165) is 24.1 Å². The first kappa shape index (κ1) is 31.2. The van der Waals surface area contributed by atoms with Crippen LogP contribution in [0.3, 0.4) is 0 Å². The van der Waals surface area contributed by atoms with Crippen LogP contribution in [-0.4, -0.2) is 49.6 Å². The Kier molecular flexibility index (Phi) is 9.00. The molecule has 7 heteroatoms. The van der Waals surface area contributed by atoms with Crippen molar-refractivity contribution in [3.05, 3.63) is 96.2 Å². The topological polar surface area (TPSA) is 74.8 Å². The molecule has 0 amide bonds. The third kappa shape index (κ3) is 6.09. The third-order valence-corrected chi connectivity index (χ3v) is 14.4. The number of fused-ring (bicyclic) bond motifs is 3. The molecule has 6 nitrogen and oxygen atoms in total.